The highest BCUT2D eigenvalue weighted by Gasteiger charge is 2.10. The van der Waals surface area contributed by atoms with Crippen LogP contribution < -0.4 is 0 Å². The van der Waals surface area contributed by atoms with E-state index in [0.717, 1.165) is 21.9 Å². The van der Waals surface area contributed by atoms with Crippen molar-refractivity contribution < 1.29 is 4.79 Å². The molecule has 0 amide bonds. The maximum Gasteiger partial charge on any atom is 0.185 e. The normalized spacial score (nSPS) is 10.2. The van der Waals surface area contributed by atoms with Gasteiger partial charge in [-0.25, -0.2) is 0 Å². The zero-order chi connectivity index (χ0) is 12.4. The van der Waals surface area contributed by atoms with Gasteiger partial charge in [0.25, 0.3) is 0 Å². The Balaban J connectivity index is 2.89. The Morgan fingerprint density at radius 2 is 1.71 bits per heavy atom. The van der Waals surface area contributed by atoms with Crippen LogP contribution in [0.25, 0.3) is 16.3 Å². The fraction of sp³-hybridized carbons (Fsp3) is 0.0625. The molecule has 17 heavy (non-hydrogen) atoms. The topological polar surface area (TPSA) is 17.1 Å². The highest BCUT2D eigenvalue weighted by Crippen LogP contribution is 2.27. The average Bonchev–Trinajstić information content (AvgIpc) is 2.36. The van der Waals surface area contributed by atoms with Crippen LogP contribution in [0.15, 0.2) is 55.6 Å². The van der Waals surface area contributed by atoms with Crippen LogP contribution in [0.3, 0.4) is 0 Å². The van der Waals surface area contributed by atoms with Gasteiger partial charge in [-0.2, -0.15) is 0 Å². The van der Waals surface area contributed by atoms with Crippen molar-refractivity contribution in [2.24, 2.45) is 0 Å². The van der Waals surface area contributed by atoms with Crippen LogP contribution in [-0.2, 0) is 0 Å². The third kappa shape index (κ3) is 1.92. The van der Waals surface area contributed by atoms with Crippen LogP contribution in [-0.4, -0.2) is 5.78 Å². The van der Waals surface area contributed by atoms with Gasteiger partial charge < -0.3 is 0 Å². The second-order valence-electron chi connectivity index (χ2n) is 4.06. The van der Waals surface area contributed by atoms with Crippen molar-refractivity contribution in [2.75, 3.05) is 0 Å². The summed E-state index contributed by atoms with van der Waals surface area (Å²) in [6, 6.07) is 11.7. The van der Waals surface area contributed by atoms with E-state index < -0.39 is 0 Å². The van der Waals surface area contributed by atoms with Crippen molar-refractivity contribution in [3.05, 3.63) is 66.8 Å². The van der Waals surface area contributed by atoms with E-state index in [0.29, 0.717) is 5.56 Å². The lowest BCUT2D eigenvalue weighted by atomic mass is 9.94. The number of fused-ring (bicyclic) bond motifs is 1. The number of allylic oxidation sites excluding steroid dienone is 2. The quantitative estimate of drug-likeness (QED) is 0.560. The van der Waals surface area contributed by atoms with Crippen LogP contribution in [0, 0.1) is 0 Å². The molecule has 0 saturated heterocycles. The molecule has 0 fully saturated rings. The predicted octanol–water partition coefficient (Wildman–Crippen LogP) is 4.24. The Kier molecular flexibility index (Phi) is 2.92. The molecule has 0 spiro atoms. The van der Waals surface area contributed by atoms with E-state index in [2.05, 4.69) is 13.2 Å². The van der Waals surface area contributed by atoms with Gasteiger partial charge in [0.2, 0.25) is 0 Å². The summed E-state index contributed by atoms with van der Waals surface area (Å²) in [5.74, 6) is -0.0516. The summed E-state index contributed by atoms with van der Waals surface area (Å²) in [6.45, 7) is 9.46. The lowest BCUT2D eigenvalue weighted by Gasteiger charge is -2.09. The van der Waals surface area contributed by atoms with Crippen molar-refractivity contribution >= 4 is 22.1 Å². The molecule has 0 aromatic heterocycles. The summed E-state index contributed by atoms with van der Waals surface area (Å²) in [6.07, 6.45) is 1.35. The van der Waals surface area contributed by atoms with Crippen molar-refractivity contribution in [1.29, 1.82) is 0 Å². The number of ketones is 1. The van der Waals surface area contributed by atoms with E-state index >= 15 is 0 Å². The zero-order valence-corrected chi connectivity index (χ0v) is 9.86. The SMILES string of the molecule is C=CC(=O)c1cccc2cccc(C(=C)C)c12. The first-order valence-corrected chi connectivity index (χ1v) is 5.49. The summed E-state index contributed by atoms with van der Waals surface area (Å²) < 4.78 is 0. The fourth-order valence-electron chi connectivity index (χ4n) is 2.01. The molecular formula is C16H14O. The lowest BCUT2D eigenvalue weighted by molar-refractivity contribution is 0.104. The second kappa shape index (κ2) is 4.38. The highest BCUT2D eigenvalue weighted by atomic mass is 16.1. The van der Waals surface area contributed by atoms with Crippen LogP contribution in [0.2, 0.25) is 0 Å². The molecule has 2 aromatic rings. The minimum Gasteiger partial charge on any atom is -0.289 e. The molecule has 0 N–H and O–H groups in total. The maximum absolute atomic E-state index is 11.9. The fourth-order valence-corrected chi connectivity index (χ4v) is 2.01. The number of benzene rings is 2. The molecule has 0 saturated carbocycles. The molecule has 0 unspecified atom stereocenters. The molecule has 2 rings (SSSR count). The lowest BCUT2D eigenvalue weighted by Crippen LogP contribution is -1.97. The molecule has 2 aromatic carbocycles. The third-order valence-electron chi connectivity index (χ3n) is 2.82. The summed E-state index contributed by atoms with van der Waals surface area (Å²) >= 11 is 0. The standard InChI is InChI=1S/C16H14O/c1-4-15(17)14-10-6-8-12-7-5-9-13(11(2)3)16(12)14/h4-10H,1-2H2,3H3. The highest BCUT2D eigenvalue weighted by molar-refractivity contribution is 6.15. The summed E-state index contributed by atoms with van der Waals surface area (Å²) in [5.41, 5.74) is 2.67. The van der Waals surface area contributed by atoms with Gasteiger partial charge in [-0.05, 0) is 23.9 Å². The Morgan fingerprint density at radius 3 is 2.24 bits per heavy atom. The molecule has 0 atom stereocenters. The van der Waals surface area contributed by atoms with Gasteiger partial charge in [0, 0.05) is 10.9 Å². The minimum atomic E-state index is -0.0516. The third-order valence-corrected chi connectivity index (χ3v) is 2.82. The van der Waals surface area contributed by atoms with Gasteiger partial charge in [-0.15, -0.1) is 0 Å². The predicted molar refractivity (Wildman–Crippen MR) is 73.2 cm³/mol. The van der Waals surface area contributed by atoms with Crippen LogP contribution in [0.5, 0.6) is 0 Å². The van der Waals surface area contributed by atoms with E-state index in [1.165, 1.54) is 6.08 Å². The monoisotopic (exact) mass is 222 g/mol. The first-order valence-electron chi connectivity index (χ1n) is 5.49. The van der Waals surface area contributed by atoms with Gasteiger partial charge in [0.1, 0.15) is 0 Å². The summed E-state index contributed by atoms with van der Waals surface area (Å²) in [4.78, 5) is 11.9. The van der Waals surface area contributed by atoms with Gasteiger partial charge in [0.05, 0.1) is 0 Å². The minimum absolute atomic E-state index is 0.0516. The molecule has 0 aliphatic rings. The van der Waals surface area contributed by atoms with Gasteiger partial charge in [-0.3, -0.25) is 4.79 Å². The van der Waals surface area contributed by atoms with Crippen molar-refractivity contribution in [2.45, 2.75) is 6.92 Å². The van der Waals surface area contributed by atoms with E-state index in [1.54, 1.807) is 0 Å². The average molecular weight is 222 g/mol. The summed E-state index contributed by atoms with van der Waals surface area (Å²) in [5, 5.41) is 2.02. The molecular weight excluding hydrogens is 208 g/mol. The number of carbonyl (C=O) groups is 1. The second-order valence-corrected chi connectivity index (χ2v) is 4.06. The van der Waals surface area contributed by atoms with E-state index in [4.69, 9.17) is 0 Å². The van der Waals surface area contributed by atoms with Crippen molar-refractivity contribution in [3.63, 3.8) is 0 Å². The smallest absolute Gasteiger partial charge is 0.185 e. The van der Waals surface area contributed by atoms with E-state index in [9.17, 15) is 4.79 Å². The first-order chi connectivity index (χ1) is 8.15. The Hall–Kier alpha value is -2.15. The molecule has 0 bridgehead atoms. The van der Waals surface area contributed by atoms with Gasteiger partial charge in [-0.1, -0.05) is 55.1 Å². The molecule has 84 valence electrons. The van der Waals surface area contributed by atoms with Crippen LogP contribution in [0.1, 0.15) is 22.8 Å². The van der Waals surface area contributed by atoms with Crippen molar-refractivity contribution in [1.82, 2.24) is 0 Å². The van der Waals surface area contributed by atoms with Crippen LogP contribution in [0.4, 0.5) is 0 Å². The number of carbonyl (C=O) groups excluding carboxylic acids is 1. The van der Waals surface area contributed by atoms with Crippen molar-refractivity contribution in [3.8, 4) is 0 Å². The molecule has 0 aliphatic heterocycles. The molecule has 1 heteroatoms. The van der Waals surface area contributed by atoms with Gasteiger partial charge in [0.15, 0.2) is 5.78 Å². The number of rotatable bonds is 3. The Morgan fingerprint density at radius 1 is 1.12 bits per heavy atom. The molecule has 1 nitrogen and oxygen atoms in total. The molecule has 0 radical (unpaired) electrons. The van der Waals surface area contributed by atoms with Crippen LogP contribution >= 0.6 is 0 Å². The molecule has 0 aliphatic carbocycles. The Bertz CT molecular complexity index is 615. The first kappa shape index (κ1) is 11.3. The Labute approximate surface area is 101 Å². The molecule has 0 heterocycles. The maximum atomic E-state index is 11.9. The van der Waals surface area contributed by atoms with Gasteiger partial charge >= 0.3 is 0 Å². The summed E-state index contributed by atoms with van der Waals surface area (Å²) in [7, 11) is 0. The van der Waals surface area contributed by atoms with E-state index in [1.807, 2.05) is 43.3 Å². The number of hydrogen-bond donors (Lipinski definition) is 0. The number of hydrogen-bond acceptors (Lipinski definition) is 1. The van der Waals surface area contributed by atoms with E-state index in [-0.39, 0.29) is 5.78 Å². The zero-order valence-electron chi connectivity index (χ0n) is 9.86. The largest absolute Gasteiger partial charge is 0.289 e.